The topological polar surface area (TPSA) is 85.1 Å². The normalized spacial score (nSPS) is 13.0. The summed E-state index contributed by atoms with van der Waals surface area (Å²) in [6.45, 7) is 2.34. The first-order valence-electron chi connectivity index (χ1n) is 6.77. The summed E-state index contributed by atoms with van der Waals surface area (Å²) in [7, 11) is -3.20. The third-order valence-electron chi connectivity index (χ3n) is 3.16. The van der Waals surface area contributed by atoms with Gasteiger partial charge in [0.2, 0.25) is 5.89 Å². The minimum atomic E-state index is -3.20. The number of rotatable bonds is 7. The molecule has 0 radical (unpaired) electrons. The Labute approximate surface area is 124 Å². The van der Waals surface area contributed by atoms with Crippen LogP contribution < -0.4 is 5.32 Å². The zero-order valence-corrected chi connectivity index (χ0v) is 12.9. The maximum Gasteiger partial charge on any atom is 0.226 e. The minimum absolute atomic E-state index is 0.225. The first-order valence-corrected chi connectivity index (χ1v) is 8.72. The number of sulfone groups is 1. The van der Waals surface area contributed by atoms with E-state index in [9.17, 15) is 8.42 Å². The summed E-state index contributed by atoms with van der Waals surface area (Å²) in [5.41, 5.74) is 1.06. The number of nitrogens with one attached hydrogen (secondary N) is 1. The Balaban J connectivity index is 1.81. The summed E-state index contributed by atoms with van der Waals surface area (Å²) < 4.78 is 27.9. The molecule has 1 atom stereocenters. The van der Waals surface area contributed by atoms with Gasteiger partial charge in [0.1, 0.15) is 5.25 Å². The Kier molecular flexibility index (Phi) is 4.95. The highest BCUT2D eigenvalue weighted by Crippen LogP contribution is 2.17. The van der Waals surface area contributed by atoms with Crippen LogP contribution in [0.5, 0.6) is 0 Å². The number of hydrogen-bond acceptors (Lipinski definition) is 6. The minimum Gasteiger partial charge on any atom is -0.385 e. The number of aryl methyl sites for hydroxylation is 1. The summed E-state index contributed by atoms with van der Waals surface area (Å²) in [6, 6.07) is 9.91. The van der Waals surface area contributed by atoms with Crippen molar-refractivity contribution < 1.29 is 12.9 Å². The maximum absolute atomic E-state index is 11.4. The molecule has 0 aliphatic heterocycles. The van der Waals surface area contributed by atoms with Crippen molar-refractivity contribution in [2.24, 2.45) is 0 Å². The van der Waals surface area contributed by atoms with Crippen LogP contribution in [0.15, 0.2) is 34.9 Å². The van der Waals surface area contributed by atoms with Crippen LogP contribution in [0, 0.1) is 0 Å². The molecule has 1 aromatic carbocycles. The van der Waals surface area contributed by atoms with Crippen LogP contribution in [-0.2, 0) is 16.3 Å². The zero-order chi connectivity index (χ0) is 15.3. The molecule has 0 saturated heterocycles. The van der Waals surface area contributed by atoms with Gasteiger partial charge in [-0.15, -0.1) is 0 Å². The lowest BCUT2D eigenvalue weighted by atomic mass is 10.3. The fraction of sp³-hybridized carbons (Fsp3) is 0.429. The number of benzene rings is 1. The summed E-state index contributed by atoms with van der Waals surface area (Å²) >= 11 is 0. The van der Waals surface area contributed by atoms with Crippen molar-refractivity contribution in [2.75, 3.05) is 18.1 Å². The number of nitrogens with zero attached hydrogens (tertiary/aromatic N) is 2. The summed E-state index contributed by atoms with van der Waals surface area (Å²) in [6.07, 6.45) is 2.60. The first-order chi connectivity index (χ1) is 9.97. The molecule has 1 N–H and O–H groups in total. The zero-order valence-electron chi connectivity index (χ0n) is 12.1. The monoisotopic (exact) mass is 309 g/mol. The molecule has 6 nitrogen and oxygen atoms in total. The summed E-state index contributed by atoms with van der Waals surface area (Å²) in [5, 5.41) is 6.28. The standard InChI is InChI=1S/C14H19N3O3S/c1-11(21(2,18)19)14-16-13(20-17-14)9-6-10-15-12-7-4-3-5-8-12/h3-5,7-8,11,15H,6,9-10H2,1-2H3. The molecule has 2 aromatic rings. The van der Waals surface area contributed by atoms with Crippen LogP contribution in [0.1, 0.15) is 30.3 Å². The predicted molar refractivity (Wildman–Crippen MR) is 80.8 cm³/mol. The predicted octanol–water partition coefficient (Wildman–Crippen LogP) is 2.22. The van der Waals surface area contributed by atoms with E-state index in [4.69, 9.17) is 4.52 Å². The molecule has 0 bridgehead atoms. The van der Waals surface area contributed by atoms with E-state index in [0.717, 1.165) is 24.9 Å². The van der Waals surface area contributed by atoms with E-state index >= 15 is 0 Å². The van der Waals surface area contributed by atoms with Gasteiger partial charge in [0.15, 0.2) is 15.7 Å². The van der Waals surface area contributed by atoms with Gasteiger partial charge in [-0.3, -0.25) is 0 Å². The Morgan fingerprint density at radius 2 is 2.00 bits per heavy atom. The fourth-order valence-electron chi connectivity index (χ4n) is 1.75. The van der Waals surface area contributed by atoms with Crippen LogP contribution in [0.3, 0.4) is 0 Å². The van der Waals surface area contributed by atoms with Crippen LogP contribution in [0.2, 0.25) is 0 Å². The lowest BCUT2D eigenvalue weighted by Gasteiger charge is -2.04. The van der Waals surface area contributed by atoms with E-state index in [0.29, 0.717) is 12.3 Å². The quantitative estimate of drug-likeness (QED) is 0.789. The molecule has 0 aliphatic rings. The average Bonchev–Trinajstić information content (AvgIpc) is 2.91. The van der Waals surface area contributed by atoms with Gasteiger partial charge >= 0.3 is 0 Å². The van der Waals surface area contributed by atoms with Gasteiger partial charge in [-0.05, 0) is 25.5 Å². The van der Waals surface area contributed by atoms with E-state index in [2.05, 4.69) is 15.5 Å². The number of anilines is 1. The molecule has 114 valence electrons. The van der Waals surface area contributed by atoms with Gasteiger partial charge in [-0.25, -0.2) is 8.42 Å². The van der Waals surface area contributed by atoms with Crippen molar-refractivity contribution in [3.8, 4) is 0 Å². The Bertz CT molecular complexity index is 668. The van der Waals surface area contributed by atoms with E-state index in [-0.39, 0.29) is 5.82 Å². The molecule has 0 aliphatic carbocycles. The number of hydrogen-bond donors (Lipinski definition) is 1. The molecule has 21 heavy (non-hydrogen) atoms. The molecular weight excluding hydrogens is 290 g/mol. The Hall–Kier alpha value is -1.89. The molecule has 2 rings (SSSR count). The van der Waals surface area contributed by atoms with Gasteiger partial charge < -0.3 is 9.84 Å². The molecule has 1 unspecified atom stereocenters. The van der Waals surface area contributed by atoms with Gasteiger partial charge in [0.25, 0.3) is 0 Å². The second-order valence-corrected chi connectivity index (χ2v) is 7.28. The Morgan fingerprint density at radius 3 is 2.67 bits per heavy atom. The number of para-hydroxylation sites is 1. The van der Waals surface area contributed by atoms with Crippen LogP contribution >= 0.6 is 0 Å². The Morgan fingerprint density at radius 1 is 1.29 bits per heavy atom. The second kappa shape index (κ2) is 6.71. The second-order valence-electron chi connectivity index (χ2n) is 4.91. The molecule has 0 fully saturated rings. The van der Waals surface area contributed by atoms with Crippen LogP contribution in [0.25, 0.3) is 0 Å². The fourth-order valence-corrected chi connectivity index (χ4v) is 2.23. The molecule has 1 heterocycles. The largest absolute Gasteiger partial charge is 0.385 e. The van der Waals surface area contributed by atoms with Crippen molar-refractivity contribution in [2.45, 2.75) is 25.0 Å². The van der Waals surface area contributed by atoms with E-state index in [1.54, 1.807) is 6.92 Å². The third kappa shape index (κ3) is 4.56. The lowest BCUT2D eigenvalue weighted by molar-refractivity contribution is 0.371. The van der Waals surface area contributed by atoms with Crippen molar-refractivity contribution in [1.82, 2.24) is 10.1 Å². The molecule has 1 aromatic heterocycles. The highest BCUT2D eigenvalue weighted by Gasteiger charge is 2.22. The van der Waals surface area contributed by atoms with E-state index in [1.807, 2.05) is 30.3 Å². The molecule has 7 heteroatoms. The SMILES string of the molecule is CC(c1noc(CCCNc2ccccc2)n1)S(C)(=O)=O. The van der Waals surface area contributed by atoms with Gasteiger partial charge in [0.05, 0.1) is 0 Å². The summed E-state index contributed by atoms with van der Waals surface area (Å²) in [4.78, 5) is 4.14. The average molecular weight is 309 g/mol. The third-order valence-corrected chi connectivity index (χ3v) is 4.66. The lowest BCUT2D eigenvalue weighted by Crippen LogP contribution is -2.09. The smallest absolute Gasteiger partial charge is 0.226 e. The summed E-state index contributed by atoms with van der Waals surface area (Å²) in [5.74, 6) is 0.693. The first kappa shape index (κ1) is 15.5. The maximum atomic E-state index is 11.4. The van der Waals surface area contributed by atoms with Crippen LogP contribution in [0.4, 0.5) is 5.69 Å². The van der Waals surface area contributed by atoms with E-state index in [1.165, 1.54) is 0 Å². The molecule has 0 spiro atoms. The van der Waals surface area contributed by atoms with Gasteiger partial charge in [-0.1, -0.05) is 23.4 Å². The highest BCUT2D eigenvalue weighted by atomic mass is 32.2. The van der Waals surface area contributed by atoms with Gasteiger partial charge in [0, 0.05) is 24.9 Å². The van der Waals surface area contributed by atoms with E-state index < -0.39 is 15.1 Å². The molecular formula is C14H19N3O3S. The number of aromatic nitrogens is 2. The van der Waals surface area contributed by atoms with Crippen molar-refractivity contribution >= 4 is 15.5 Å². The highest BCUT2D eigenvalue weighted by molar-refractivity contribution is 7.90. The molecule has 0 amide bonds. The van der Waals surface area contributed by atoms with Gasteiger partial charge in [-0.2, -0.15) is 4.98 Å². The van der Waals surface area contributed by atoms with Crippen molar-refractivity contribution in [3.63, 3.8) is 0 Å². The molecule has 0 saturated carbocycles. The van der Waals surface area contributed by atoms with Crippen molar-refractivity contribution in [3.05, 3.63) is 42.0 Å². The van der Waals surface area contributed by atoms with Crippen molar-refractivity contribution in [1.29, 1.82) is 0 Å². The van der Waals surface area contributed by atoms with Crippen LogP contribution in [-0.4, -0.2) is 31.4 Å².